The highest BCUT2D eigenvalue weighted by molar-refractivity contribution is 7.76. The maximum absolute atomic E-state index is 2.45. The molecule has 1 aliphatic carbocycles. The first-order valence-corrected chi connectivity index (χ1v) is 9.21. The molecule has 112 valence electrons. The summed E-state index contributed by atoms with van der Waals surface area (Å²) in [5, 5.41) is 4.45. The first-order valence-electron chi connectivity index (χ1n) is 7.87. The van der Waals surface area contributed by atoms with Crippen LogP contribution < -0.4 is 10.6 Å². The highest BCUT2D eigenvalue weighted by atomic mass is 31.1. The Balaban J connectivity index is 2.02. The van der Waals surface area contributed by atoms with E-state index in [2.05, 4.69) is 93.6 Å². The Bertz CT molecular complexity index is 648. The van der Waals surface area contributed by atoms with E-state index in [0.29, 0.717) is 0 Å². The van der Waals surface area contributed by atoms with Crippen molar-refractivity contribution in [3.63, 3.8) is 0 Å². The van der Waals surface area contributed by atoms with E-state index >= 15 is 0 Å². The van der Waals surface area contributed by atoms with Crippen LogP contribution in [-0.4, -0.2) is 0 Å². The summed E-state index contributed by atoms with van der Waals surface area (Å²) in [5.41, 5.74) is 1.71. The van der Waals surface area contributed by atoms with E-state index < -0.39 is 7.92 Å². The van der Waals surface area contributed by atoms with Gasteiger partial charge in [0, 0.05) is 0 Å². The van der Waals surface area contributed by atoms with Crippen molar-refractivity contribution in [1.29, 1.82) is 0 Å². The molecule has 1 heteroatoms. The molecular weight excluding hydrogens is 283 g/mol. The summed E-state index contributed by atoms with van der Waals surface area (Å²) < 4.78 is 0. The summed E-state index contributed by atoms with van der Waals surface area (Å²) in [5.74, 6) is 0. The van der Waals surface area contributed by atoms with Crippen LogP contribution in [0.5, 0.6) is 0 Å². The molecule has 0 fully saturated rings. The van der Waals surface area contributed by atoms with Crippen molar-refractivity contribution >= 4 is 18.5 Å². The number of benzene rings is 2. The third kappa shape index (κ3) is 3.23. The lowest BCUT2D eigenvalue weighted by Crippen LogP contribution is -2.12. The van der Waals surface area contributed by atoms with Gasteiger partial charge in [-0.1, -0.05) is 93.6 Å². The van der Waals surface area contributed by atoms with Gasteiger partial charge in [0.05, 0.1) is 0 Å². The Morgan fingerprint density at radius 2 is 1.27 bits per heavy atom. The van der Waals surface area contributed by atoms with Crippen LogP contribution in [0.1, 0.15) is 27.2 Å². The smallest absolute Gasteiger partial charge is 0.00805 e. The highest BCUT2D eigenvalue weighted by Crippen LogP contribution is 2.49. The van der Waals surface area contributed by atoms with Gasteiger partial charge >= 0.3 is 0 Å². The molecular formula is C21H23P. The highest BCUT2D eigenvalue weighted by Gasteiger charge is 2.25. The summed E-state index contributed by atoms with van der Waals surface area (Å²) in [6, 6.07) is 21.9. The summed E-state index contributed by atoms with van der Waals surface area (Å²) >= 11 is 0. The maximum atomic E-state index is 2.45. The SMILES string of the molecule is CC(C)(C)C1=CCC(P(c2ccccc2)c2ccccc2)=C1. The van der Waals surface area contributed by atoms with Crippen molar-refractivity contribution in [3.8, 4) is 0 Å². The quantitative estimate of drug-likeness (QED) is 0.668. The lowest BCUT2D eigenvalue weighted by atomic mass is 9.87. The molecule has 0 amide bonds. The normalized spacial score (nSPS) is 14.9. The van der Waals surface area contributed by atoms with Crippen molar-refractivity contribution in [1.82, 2.24) is 0 Å². The molecule has 0 saturated heterocycles. The average Bonchev–Trinajstić information content (AvgIpc) is 2.99. The van der Waals surface area contributed by atoms with Gasteiger partial charge in [0.2, 0.25) is 0 Å². The van der Waals surface area contributed by atoms with Crippen LogP contribution >= 0.6 is 7.92 Å². The van der Waals surface area contributed by atoms with E-state index in [4.69, 9.17) is 0 Å². The standard InChI is InChI=1S/C21H23P/c1-21(2,3)17-14-15-20(16-17)22(18-10-6-4-7-11-18)19-12-8-5-9-13-19/h4-14,16H,15H2,1-3H3. The molecule has 0 atom stereocenters. The lowest BCUT2D eigenvalue weighted by molar-refractivity contribution is 0.518. The van der Waals surface area contributed by atoms with Crippen molar-refractivity contribution < 1.29 is 0 Å². The van der Waals surface area contributed by atoms with Crippen LogP contribution in [0.4, 0.5) is 0 Å². The Morgan fingerprint density at radius 3 is 1.68 bits per heavy atom. The minimum Gasteiger partial charge on any atom is -0.0763 e. The van der Waals surface area contributed by atoms with Crippen LogP contribution in [0.3, 0.4) is 0 Å². The van der Waals surface area contributed by atoms with Gasteiger partial charge < -0.3 is 0 Å². The second kappa shape index (κ2) is 6.23. The van der Waals surface area contributed by atoms with E-state index in [-0.39, 0.29) is 5.41 Å². The van der Waals surface area contributed by atoms with Crippen molar-refractivity contribution in [2.24, 2.45) is 5.41 Å². The van der Waals surface area contributed by atoms with E-state index in [0.717, 1.165) is 6.42 Å². The Morgan fingerprint density at radius 1 is 0.773 bits per heavy atom. The fourth-order valence-electron chi connectivity index (χ4n) is 2.83. The molecule has 0 aliphatic heterocycles. The lowest BCUT2D eigenvalue weighted by Gasteiger charge is -2.21. The topological polar surface area (TPSA) is 0 Å². The van der Waals surface area contributed by atoms with Crippen LogP contribution in [-0.2, 0) is 0 Å². The second-order valence-corrected chi connectivity index (χ2v) is 9.03. The molecule has 0 heterocycles. The van der Waals surface area contributed by atoms with E-state index in [9.17, 15) is 0 Å². The van der Waals surface area contributed by atoms with Crippen LogP contribution in [0.15, 0.2) is 83.7 Å². The van der Waals surface area contributed by atoms with Gasteiger partial charge in [-0.25, -0.2) is 0 Å². The summed E-state index contributed by atoms with van der Waals surface area (Å²) in [6.07, 6.45) is 5.95. The third-order valence-electron chi connectivity index (χ3n) is 4.04. The Hall–Kier alpha value is -1.65. The maximum Gasteiger partial charge on any atom is -0.00805 e. The number of allylic oxidation sites excluding steroid dienone is 4. The Labute approximate surface area is 135 Å². The molecule has 0 spiro atoms. The van der Waals surface area contributed by atoms with E-state index in [1.54, 1.807) is 5.31 Å². The molecule has 0 N–H and O–H groups in total. The van der Waals surface area contributed by atoms with Crippen molar-refractivity contribution in [3.05, 3.63) is 83.7 Å². The zero-order valence-electron chi connectivity index (χ0n) is 13.6. The first kappa shape index (κ1) is 15.3. The molecule has 2 aromatic carbocycles. The van der Waals surface area contributed by atoms with Crippen molar-refractivity contribution in [2.45, 2.75) is 27.2 Å². The average molecular weight is 306 g/mol. The van der Waals surface area contributed by atoms with Gasteiger partial charge in [-0.2, -0.15) is 0 Å². The molecule has 1 aliphatic rings. The largest absolute Gasteiger partial charge is 0.0763 e. The molecule has 3 rings (SSSR count). The predicted octanol–water partition coefficient (Wildman–Crippen LogP) is 5.38. The molecule has 0 aromatic heterocycles. The molecule has 22 heavy (non-hydrogen) atoms. The number of rotatable bonds is 3. The summed E-state index contributed by atoms with van der Waals surface area (Å²) in [7, 11) is -0.417. The molecule has 0 nitrogen and oxygen atoms in total. The number of hydrogen-bond donors (Lipinski definition) is 0. The van der Waals surface area contributed by atoms with Crippen LogP contribution in [0.2, 0.25) is 0 Å². The second-order valence-electron chi connectivity index (χ2n) is 6.76. The fourth-order valence-corrected chi connectivity index (χ4v) is 5.27. The number of hydrogen-bond acceptors (Lipinski definition) is 0. The summed E-state index contributed by atoms with van der Waals surface area (Å²) in [6.45, 7) is 6.89. The van der Waals surface area contributed by atoms with Gasteiger partial charge in [-0.15, -0.1) is 0 Å². The van der Waals surface area contributed by atoms with Gasteiger partial charge in [0.15, 0.2) is 0 Å². The van der Waals surface area contributed by atoms with Crippen LogP contribution in [0, 0.1) is 5.41 Å². The van der Waals surface area contributed by atoms with Gasteiger partial charge in [-0.05, 0) is 41.3 Å². The van der Waals surface area contributed by atoms with Gasteiger partial charge in [0.1, 0.15) is 0 Å². The monoisotopic (exact) mass is 306 g/mol. The predicted molar refractivity (Wildman–Crippen MR) is 99.3 cm³/mol. The van der Waals surface area contributed by atoms with Crippen molar-refractivity contribution in [2.75, 3.05) is 0 Å². The van der Waals surface area contributed by atoms with E-state index in [1.807, 2.05) is 0 Å². The first-order chi connectivity index (χ1) is 10.6. The van der Waals surface area contributed by atoms with Crippen LogP contribution in [0.25, 0.3) is 0 Å². The van der Waals surface area contributed by atoms with Gasteiger partial charge in [-0.3, -0.25) is 0 Å². The Kier molecular flexibility index (Phi) is 4.32. The molecule has 0 bridgehead atoms. The third-order valence-corrected chi connectivity index (χ3v) is 6.55. The zero-order chi connectivity index (χ0) is 15.6. The molecule has 2 aromatic rings. The summed E-state index contributed by atoms with van der Waals surface area (Å²) in [4.78, 5) is 0. The molecule has 0 radical (unpaired) electrons. The minimum atomic E-state index is -0.417. The van der Waals surface area contributed by atoms with E-state index in [1.165, 1.54) is 16.2 Å². The minimum absolute atomic E-state index is 0.232. The van der Waals surface area contributed by atoms with Gasteiger partial charge in [0.25, 0.3) is 0 Å². The zero-order valence-corrected chi connectivity index (χ0v) is 14.5. The molecule has 0 unspecified atom stereocenters. The molecule has 0 saturated carbocycles. The fraction of sp³-hybridized carbons (Fsp3) is 0.238.